The summed E-state index contributed by atoms with van der Waals surface area (Å²) in [4.78, 5) is 0. The molecule has 27 heavy (non-hydrogen) atoms. The monoisotopic (exact) mass is 406 g/mol. The number of nitrogens with zero attached hydrogens (tertiary/aromatic N) is 8. The summed E-state index contributed by atoms with van der Waals surface area (Å²) in [6.45, 7) is 15.5. The first-order valence-corrected chi connectivity index (χ1v) is 10.9. The zero-order chi connectivity index (χ0) is 19.8. The molecule has 3 rings (SSSR count). The zero-order valence-electron chi connectivity index (χ0n) is 16.9. The van der Waals surface area contributed by atoms with Crippen LogP contribution in [0, 0.1) is 0 Å². The zero-order valence-corrected chi connectivity index (χ0v) is 18.5. The molecule has 146 valence electrons. The molecule has 0 aliphatic heterocycles. The van der Waals surface area contributed by atoms with Gasteiger partial charge in [-0.2, -0.15) is 14.7 Å². The molecule has 0 amide bonds. The lowest BCUT2D eigenvalue weighted by Crippen LogP contribution is -2.13. The molecular formula is C17H26N8S2. The van der Waals surface area contributed by atoms with E-state index in [9.17, 15) is 0 Å². The Hall–Kier alpha value is -1.81. The van der Waals surface area contributed by atoms with Gasteiger partial charge in [-0.25, -0.2) is 4.68 Å². The second kappa shape index (κ2) is 7.67. The average molecular weight is 407 g/mol. The van der Waals surface area contributed by atoms with Crippen molar-refractivity contribution in [3.05, 3.63) is 11.5 Å². The van der Waals surface area contributed by atoms with E-state index >= 15 is 0 Å². The topological polar surface area (TPSA) is 85.6 Å². The minimum atomic E-state index is -0.169. The maximum Gasteiger partial charge on any atom is 0.252 e. The molecule has 0 aliphatic rings. The smallest absolute Gasteiger partial charge is 0.244 e. The third-order valence-corrected chi connectivity index (χ3v) is 5.77. The van der Waals surface area contributed by atoms with Crippen LogP contribution in [0.3, 0.4) is 0 Å². The van der Waals surface area contributed by atoms with Crippen molar-refractivity contribution in [1.82, 2.24) is 29.6 Å². The molecule has 10 heteroatoms. The van der Waals surface area contributed by atoms with Gasteiger partial charge in [0.2, 0.25) is 0 Å². The Morgan fingerprint density at radius 1 is 1.11 bits per heavy atom. The molecule has 0 unspecified atom stereocenters. The van der Waals surface area contributed by atoms with Crippen LogP contribution in [0.25, 0.3) is 5.65 Å². The number of aryl methyl sites for hydroxylation is 1. The number of azo groups is 1. The number of hydrogen-bond donors (Lipinski definition) is 0. The van der Waals surface area contributed by atoms with Crippen LogP contribution in [0.2, 0.25) is 0 Å². The van der Waals surface area contributed by atoms with Crippen LogP contribution in [0.4, 0.5) is 10.8 Å². The van der Waals surface area contributed by atoms with Gasteiger partial charge < -0.3 is 0 Å². The van der Waals surface area contributed by atoms with Gasteiger partial charge in [-0.05, 0) is 12.7 Å². The van der Waals surface area contributed by atoms with Gasteiger partial charge in [-0.3, -0.25) is 0 Å². The molecule has 8 nitrogen and oxygen atoms in total. The largest absolute Gasteiger partial charge is 0.252 e. The van der Waals surface area contributed by atoms with Gasteiger partial charge in [0.15, 0.2) is 21.5 Å². The van der Waals surface area contributed by atoms with E-state index in [1.807, 2.05) is 9.20 Å². The minimum Gasteiger partial charge on any atom is -0.244 e. The maximum absolute atomic E-state index is 4.86. The molecule has 0 saturated heterocycles. The van der Waals surface area contributed by atoms with E-state index in [1.54, 1.807) is 11.8 Å². The highest BCUT2D eigenvalue weighted by Gasteiger charge is 2.29. The number of fused-ring (bicyclic) bond motifs is 1. The molecule has 0 spiro atoms. The van der Waals surface area contributed by atoms with Crippen molar-refractivity contribution in [3.63, 3.8) is 0 Å². The first-order chi connectivity index (χ1) is 12.8. The van der Waals surface area contributed by atoms with Gasteiger partial charge in [-0.1, -0.05) is 64.6 Å². The van der Waals surface area contributed by atoms with E-state index in [4.69, 9.17) is 10.2 Å². The Morgan fingerprint density at radius 2 is 1.85 bits per heavy atom. The number of rotatable bonds is 6. The standard InChI is InChI=1S/C17H26N8S2/c1-8-24-14-11(18-19-15-20-21-16(27-15)26-9-2)12(17(5,6)7)22-25(14)13(23-24)10(3)4/h10H,8-9H2,1-7H3/b19-18+. The second-order valence-electron chi connectivity index (χ2n) is 7.49. The van der Waals surface area contributed by atoms with Crippen molar-refractivity contribution in [2.75, 3.05) is 5.75 Å². The molecule has 0 N–H and O–H groups in total. The summed E-state index contributed by atoms with van der Waals surface area (Å²) in [6, 6.07) is 0. The van der Waals surface area contributed by atoms with Crippen molar-refractivity contribution in [2.24, 2.45) is 10.2 Å². The average Bonchev–Trinajstić information content (AvgIpc) is 3.26. The van der Waals surface area contributed by atoms with Gasteiger partial charge >= 0.3 is 0 Å². The Morgan fingerprint density at radius 3 is 2.44 bits per heavy atom. The van der Waals surface area contributed by atoms with Gasteiger partial charge in [-0.15, -0.1) is 20.4 Å². The van der Waals surface area contributed by atoms with Gasteiger partial charge in [0, 0.05) is 17.9 Å². The fourth-order valence-electron chi connectivity index (χ4n) is 2.70. The second-order valence-corrected chi connectivity index (χ2v) is 9.96. The van der Waals surface area contributed by atoms with Crippen molar-refractivity contribution >= 4 is 39.6 Å². The lowest BCUT2D eigenvalue weighted by molar-refractivity contribution is 0.557. The fourth-order valence-corrected chi connectivity index (χ4v) is 4.26. The van der Waals surface area contributed by atoms with Gasteiger partial charge in [0.05, 0.1) is 5.69 Å². The van der Waals surface area contributed by atoms with Gasteiger partial charge in [0.25, 0.3) is 5.13 Å². The van der Waals surface area contributed by atoms with E-state index in [0.29, 0.717) is 5.13 Å². The molecular weight excluding hydrogens is 380 g/mol. The molecule has 3 aromatic rings. The third kappa shape index (κ3) is 3.91. The minimum absolute atomic E-state index is 0.169. The summed E-state index contributed by atoms with van der Waals surface area (Å²) < 4.78 is 4.77. The quantitative estimate of drug-likeness (QED) is 0.407. The molecule has 0 bridgehead atoms. The summed E-state index contributed by atoms with van der Waals surface area (Å²) in [7, 11) is 0. The molecule has 0 saturated carbocycles. The highest BCUT2D eigenvalue weighted by molar-refractivity contribution is 8.01. The van der Waals surface area contributed by atoms with Crippen molar-refractivity contribution in [1.29, 1.82) is 0 Å². The Kier molecular flexibility index (Phi) is 5.66. The number of hydrogen-bond acceptors (Lipinski definition) is 8. The summed E-state index contributed by atoms with van der Waals surface area (Å²) in [5.41, 5.74) is 2.36. The van der Waals surface area contributed by atoms with Crippen LogP contribution in [-0.2, 0) is 12.0 Å². The molecule has 0 radical (unpaired) electrons. The van der Waals surface area contributed by atoms with E-state index in [0.717, 1.165) is 39.5 Å². The summed E-state index contributed by atoms with van der Waals surface area (Å²) in [6.07, 6.45) is 0. The molecule has 3 heterocycles. The summed E-state index contributed by atoms with van der Waals surface area (Å²) in [5.74, 6) is 2.14. The highest BCUT2D eigenvalue weighted by atomic mass is 32.2. The van der Waals surface area contributed by atoms with E-state index in [2.05, 4.69) is 68.9 Å². The fraction of sp³-hybridized carbons (Fsp3) is 0.647. The van der Waals surface area contributed by atoms with E-state index < -0.39 is 0 Å². The van der Waals surface area contributed by atoms with Crippen molar-refractivity contribution < 1.29 is 0 Å². The van der Waals surface area contributed by atoms with E-state index in [-0.39, 0.29) is 11.3 Å². The molecule has 0 atom stereocenters. The molecule has 0 aliphatic carbocycles. The van der Waals surface area contributed by atoms with Crippen LogP contribution in [0.1, 0.15) is 65.9 Å². The van der Waals surface area contributed by atoms with Crippen LogP contribution in [0.5, 0.6) is 0 Å². The highest BCUT2D eigenvalue weighted by Crippen LogP contribution is 2.37. The van der Waals surface area contributed by atoms with E-state index in [1.165, 1.54) is 11.3 Å². The first-order valence-electron chi connectivity index (χ1n) is 9.14. The predicted molar refractivity (Wildman–Crippen MR) is 110 cm³/mol. The Labute approximate surface area is 167 Å². The first kappa shape index (κ1) is 19.9. The van der Waals surface area contributed by atoms with Crippen LogP contribution >= 0.6 is 23.1 Å². The Bertz CT molecular complexity index is 958. The number of thioether (sulfide) groups is 1. The normalized spacial score (nSPS) is 12.9. The van der Waals surface area contributed by atoms with Crippen LogP contribution < -0.4 is 0 Å². The summed E-state index contributed by atoms with van der Waals surface area (Å²) in [5, 5.41) is 27.3. The van der Waals surface area contributed by atoms with Crippen molar-refractivity contribution in [2.45, 2.75) is 70.7 Å². The molecule has 3 aromatic heterocycles. The number of aromatic nitrogens is 6. The SMILES string of the molecule is CCSc1nnc(/N=N/c2c(C(C)(C)C)nn3c(C(C)C)nn(CC)c23)s1. The Balaban J connectivity index is 2.15. The molecule has 0 fully saturated rings. The lowest BCUT2D eigenvalue weighted by atomic mass is 9.91. The predicted octanol–water partition coefficient (Wildman–Crippen LogP) is 5.35. The van der Waals surface area contributed by atoms with Gasteiger partial charge in [0.1, 0.15) is 0 Å². The van der Waals surface area contributed by atoms with Crippen molar-refractivity contribution in [3.8, 4) is 0 Å². The van der Waals surface area contributed by atoms with Crippen LogP contribution in [-0.4, -0.2) is 35.3 Å². The lowest BCUT2D eigenvalue weighted by Gasteiger charge is -2.15. The molecule has 0 aromatic carbocycles. The third-order valence-electron chi connectivity index (χ3n) is 3.95. The maximum atomic E-state index is 4.86. The van der Waals surface area contributed by atoms with Crippen LogP contribution in [0.15, 0.2) is 14.6 Å². The summed E-state index contributed by atoms with van der Waals surface area (Å²) >= 11 is 3.10.